The van der Waals surface area contributed by atoms with Crippen LogP contribution in [0.1, 0.15) is 47.0 Å². The van der Waals surface area contributed by atoms with E-state index < -0.39 is 0 Å². The predicted molar refractivity (Wildman–Crippen MR) is 65.5 cm³/mol. The largest absolute Gasteiger partial charge is 0.313 e. The van der Waals surface area contributed by atoms with Crippen LogP contribution in [0.15, 0.2) is 12.2 Å². The highest BCUT2D eigenvalue weighted by molar-refractivity contribution is 4.85. The van der Waals surface area contributed by atoms with Crippen molar-refractivity contribution in [2.24, 2.45) is 11.8 Å². The van der Waals surface area contributed by atoms with Gasteiger partial charge in [-0.05, 0) is 24.8 Å². The SMILES string of the molecule is CC(C)/C=C/CNCCCCC(C)C. The van der Waals surface area contributed by atoms with Gasteiger partial charge in [0, 0.05) is 6.54 Å². The monoisotopic (exact) mass is 197 g/mol. The molecule has 0 fully saturated rings. The molecule has 0 rings (SSSR count). The van der Waals surface area contributed by atoms with Gasteiger partial charge in [-0.3, -0.25) is 0 Å². The van der Waals surface area contributed by atoms with E-state index in [9.17, 15) is 0 Å². The zero-order chi connectivity index (χ0) is 10.8. The van der Waals surface area contributed by atoms with Gasteiger partial charge in [0.15, 0.2) is 0 Å². The summed E-state index contributed by atoms with van der Waals surface area (Å²) >= 11 is 0. The molecule has 0 atom stereocenters. The fourth-order valence-electron chi connectivity index (χ4n) is 1.33. The fourth-order valence-corrected chi connectivity index (χ4v) is 1.33. The molecular formula is C13H27N. The highest BCUT2D eigenvalue weighted by Crippen LogP contribution is 2.04. The summed E-state index contributed by atoms with van der Waals surface area (Å²) in [6.07, 6.45) is 8.52. The van der Waals surface area contributed by atoms with Crippen molar-refractivity contribution in [1.82, 2.24) is 5.32 Å². The third kappa shape index (κ3) is 11.7. The van der Waals surface area contributed by atoms with Crippen LogP contribution in [-0.4, -0.2) is 13.1 Å². The van der Waals surface area contributed by atoms with Gasteiger partial charge in [-0.2, -0.15) is 0 Å². The third-order valence-corrected chi connectivity index (χ3v) is 2.17. The quantitative estimate of drug-likeness (QED) is 0.463. The molecule has 0 aliphatic carbocycles. The second kappa shape index (κ2) is 9.26. The summed E-state index contributed by atoms with van der Waals surface area (Å²) < 4.78 is 0. The maximum Gasteiger partial charge on any atom is 0.0134 e. The molecule has 1 nitrogen and oxygen atoms in total. The van der Waals surface area contributed by atoms with Crippen LogP contribution >= 0.6 is 0 Å². The van der Waals surface area contributed by atoms with E-state index in [0.717, 1.165) is 19.0 Å². The van der Waals surface area contributed by atoms with Gasteiger partial charge >= 0.3 is 0 Å². The molecule has 0 aliphatic heterocycles. The molecule has 0 aromatic rings. The summed E-state index contributed by atoms with van der Waals surface area (Å²) in [5.74, 6) is 1.54. The lowest BCUT2D eigenvalue weighted by molar-refractivity contribution is 0.526. The smallest absolute Gasteiger partial charge is 0.0134 e. The topological polar surface area (TPSA) is 12.0 Å². The van der Waals surface area contributed by atoms with Crippen molar-refractivity contribution < 1.29 is 0 Å². The second-order valence-corrected chi connectivity index (χ2v) is 4.77. The van der Waals surface area contributed by atoms with E-state index in [4.69, 9.17) is 0 Å². The van der Waals surface area contributed by atoms with Gasteiger partial charge in [0.1, 0.15) is 0 Å². The van der Waals surface area contributed by atoms with E-state index in [1.807, 2.05) is 0 Å². The van der Waals surface area contributed by atoms with Gasteiger partial charge in [-0.25, -0.2) is 0 Å². The van der Waals surface area contributed by atoms with Gasteiger partial charge in [-0.15, -0.1) is 0 Å². The van der Waals surface area contributed by atoms with E-state index in [0.29, 0.717) is 5.92 Å². The minimum atomic E-state index is 0.678. The predicted octanol–water partition coefficient (Wildman–Crippen LogP) is 3.61. The molecule has 0 amide bonds. The number of hydrogen-bond acceptors (Lipinski definition) is 1. The summed E-state index contributed by atoms with van der Waals surface area (Å²) in [5.41, 5.74) is 0. The van der Waals surface area contributed by atoms with Crippen molar-refractivity contribution in [2.75, 3.05) is 13.1 Å². The fraction of sp³-hybridized carbons (Fsp3) is 0.846. The zero-order valence-corrected chi connectivity index (χ0v) is 10.3. The van der Waals surface area contributed by atoms with Crippen LogP contribution in [0.2, 0.25) is 0 Å². The zero-order valence-electron chi connectivity index (χ0n) is 10.3. The maximum atomic E-state index is 3.43. The van der Waals surface area contributed by atoms with Crippen LogP contribution in [0, 0.1) is 11.8 Å². The molecule has 0 unspecified atom stereocenters. The first-order valence-electron chi connectivity index (χ1n) is 6.00. The Bertz CT molecular complexity index is 136. The molecule has 0 aromatic heterocycles. The Balaban J connectivity index is 3.06. The van der Waals surface area contributed by atoms with E-state index in [-0.39, 0.29) is 0 Å². The number of nitrogens with one attached hydrogen (secondary N) is 1. The van der Waals surface area contributed by atoms with Crippen molar-refractivity contribution in [3.05, 3.63) is 12.2 Å². The van der Waals surface area contributed by atoms with Crippen LogP contribution in [0.5, 0.6) is 0 Å². The number of unbranched alkanes of at least 4 members (excludes halogenated alkanes) is 1. The van der Waals surface area contributed by atoms with Crippen LogP contribution in [-0.2, 0) is 0 Å². The second-order valence-electron chi connectivity index (χ2n) is 4.77. The van der Waals surface area contributed by atoms with Crippen molar-refractivity contribution in [1.29, 1.82) is 0 Å². The van der Waals surface area contributed by atoms with Gasteiger partial charge < -0.3 is 5.32 Å². The summed E-state index contributed by atoms with van der Waals surface area (Å²) in [7, 11) is 0. The molecule has 0 spiro atoms. The number of rotatable bonds is 8. The maximum absolute atomic E-state index is 3.43. The third-order valence-electron chi connectivity index (χ3n) is 2.17. The van der Waals surface area contributed by atoms with Crippen LogP contribution in [0.25, 0.3) is 0 Å². The van der Waals surface area contributed by atoms with Gasteiger partial charge in [-0.1, -0.05) is 52.7 Å². The van der Waals surface area contributed by atoms with Gasteiger partial charge in [0.2, 0.25) is 0 Å². The first-order chi connectivity index (χ1) is 6.63. The van der Waals surface area contributed by atoms with Crippen molar-refractivity contribution >= 4 is 0 Å². The van der Waals surface area contributed by atoms with Crippen molar-refractivity contribution in [3.8, 4) is 0 Å². The first-order valence-corrected chi connectivity index (χ1v) is 6.00. The molecule has 14 heavy (non-hydrogen) atoms. The molecular weight excluding hydrogens is 170 g/mol. The van der Waals surface area contributed by atoms with E-state index in [1.165, 1.54) is 19.3 Å². The number of hydrogen-bond donors (Lipinski definition) is 1. The molecule has 0 saturated carbocycles. The van der Waals surface area contributed by atoms with Gasteiger partial charge in [0.25, 0.3) is 0 Å². The van der Waals surface area contributed by atoms with Crippen molar-refractivity contribution in [2.45, 2.75) is 47.0 Å². The number of allylic oxidation sites excluding steroid dienone is 1. The lowest BCUT2D eigenvalue weighted by atomic mass is 10.1. The lowest BCUT2D eigenvalue weighted by Gasteiger charge is -2.04. The summed E-state index contributed by atoms with van der Waals surface area (Å²) in [6, 6.07) is 0. The molecule has 0 heterocycles. The molecule has 0 aromatic carbocycles. The highest BCUT2D eigenvalue weighted by Gasteiger charge is 1.92. The average molecular weight is 197 g/mol. The lowest BCUT2D eigenvalue weighted by Crippen LogP contribution is -2.15. The summed E-state index contributed by atoms with van der Waals surface area (Å²) in [4.78, 5) is 0. The van der Waals surface area contributed by atoms with E-state index >= 15 is 0 Å². The summed E-state index contributed by atoms with van der Waals surface area (Å²) in [6.45, 7) is 11.2. The van der Waals surface area contributed by atoms with Crippen molar-refractivity contribution in [3.63, 3.8) is 0 Å². The normalized spacial score (nSPS) is 12.1. The minimum absolute atomic E-state index is 0.678. The summed E-state index contributed by atoms with van der Waals surface area (Å²) in [5, 5.41) is 3.43. The van der Waals surface area contributed by atoms with Crippen LogP contribution in [0.3, 0.4) is 0 Å². The standard InChI is InChI=1S/C13H27N/c1-12(2)8-5-6-10-14-11-7-9-13(3)4/h7,9,12-14H,5-6,8,10-11H2,1-4H3/b9-7+. The molecule has 1 heteroatoms. The Morgan fingerprint density at radius 2 is 1.79 bits per heavy atom. The Morgan fingerprint density at radius 3 is 2.36 bits per heavy atom. The highest BCUT2D eigenvalue weighted by atomic mass is 14.8. The average Bonchev–Trinajstić information content (AvgIpc) is 2.08. The van der Waals surface area contributed by atoms with E-state index in [1.54, 1.807) is 0 Å². The Kier molecular flexibility index (Phi) is 9.06. The Labute approximate surface area is 90.0 Å². The molecule has 84 valence electrons. The van der Waals surface area contributed by atoms with E-state index in [2.05, 4.69) is 45.2 Å². The molecule has 0 bridgehead atoms. The first kappa shape index (κ1) is 13.7. The Morgan fingerprint density at radius 1 is 1.07 bits per heavy atom. The molecule has 0 aliphatic rings. The van der Waals surface area contributed by atoms with Gasteiger partial charge in [0.05, 0.1) is 0 Å². The molecule has 0 radical (unpaired) electrons. The van der Waals surface area contributed by atoms with Crippen LogP contribution < -0.4 is 5.32 Å². The minimum Gasteiger partial charge on any atom is -0.313 e. The van der Waals surface area contributed by atoms with Crippen LogP contribution in [0.4, 0.5) is 0 Å². The molecule has 1 N–H and O–H groups in total. The Hall–Kier alpha value is -0.300. The molecule has 0 saturated heterocycles.